The summed E-state index contributed by atoms with van der Waals surface area (Å²) >= 11 is 0. The number of aromatic hydroxyl groups is 3. The lowest BCUT2D eigenvalue weighted by atomic mass is 10.1. The molecule has 0 spiro atoms. The molecule has 0 aliphatic rings. The van der Waals surface area contributed by atoms with Crippen molar-refractivity contribution in [3.8, 4) is 17.2 Å². The highest BCUT2D eigenvalue weighted by molar-refractivity contribution is 7.87. The van der Waals surface area contributed by atoms with E-state index in [1.165, 1.54) is 109 Å². The van der Waals surface area contributed by atoms with Crippen molar-refractivity contribution >= 4 is 162 Å². The standard InChI is InChI=1S/C52H37N11O18S5/c53-28-1-10-35-25(17-28)20-44(84(73,74)75)48(50(35)64)62-58-32-7-12-37-27(19-32)22-46(86(79,80)81)47(52(37)66)61-56-31-5-3-30(4-6-31)55-42-14-8-33(23-43(42)83(70,71)72)57-59-41-16-15-40(38-13-9-34(24-39(38)41)82(67,68)69)60-63-49-45(85(76,77)78)21-26-18-29(54)2-11-36(26)51(49)65/h1-24,55,64-66H,53-54H2,(H,67,68,69)(H,70,71,72)(H,73,74,75)(H,76,77,78)(H,79,80,81). The first-order valence-corrected chi connectivity index (χ1v) is 31.0. The van der Waals surface area contributed by atoms with Crippen LogP contribution in [0.4, 0.5) is 68.2 Å². The van der Waals surface area contributed by atoms with E-state index in [4.69, 9.17) is 11.5 Å². The van der Waals surface area contributed by atoms with Crippen molar-refractivity contribution in [3.63, 3.8) is 0 Å². The van der Waals surface area contributed by atoms with E-state index in [1.807, 2.05) is 0 Å². The summed E-state index contributed by atoms with van der Waals surface area (Å²) in [7, 11) is -25.0. The van der Waals surface area contributed by atoms with E-state index in [2.05, 4.69) is 46.2 Å². The topological polar surface area (TPSA) is 495 Å². The van der Waals surface area contributed by atoms with Crippen LogP contribution in [0.5, 0.6) is 17.2 Å². The van der Waals surface area contributed by atoms with Crippen molar-refractivity contribution in [1.82, 2.24) is 0 Å². The number of fused-ring (bicyclic) bond motifs is 4. The van der Waals surface area contributed by atoms with Crippen LogP contribution in [0.15, 0.2) is 211 Å². The highest BCUT2D eigenvalue weighted by atomic mass is 32.2. The van der Waals surface area contributed by atoms with Gasteiger partial charge in [-0.25, -0.2) is 0 Å². The fourth-order valence-corrected chi connectivity index (χ4v) is 11.9. The summed E-state index contributed by atoms with van der Waals surface area (Å²) < 4.78 is 175. The van der Waals surface area contributed by atoms with Crippen molar-refractivity contribution < 1.29 is 80.2 Å². The molecule has 438 valence electrons. The van der Waals surface area contributed by atoms with Crippen LogP contribution in [0.2, 0.25) is 0 Å². The summed E-state index contributed by atoms with van der Waals surface area (Å²) in [5, 5.41) is 68.5. The summed E-state index contributed by atoms with van der Waals surface area (Å²) in [5.41, 5.74) is 9.62. The zero-order chi connectivity index (χ0) is 62.0. The molecule has 0 radical (unpaired) electrons. The molecule has 34 heteroatoms. The van der Waals surface area contributed by atoms with Crippen molar-refractivity contribution in [2.45, 2.75) is 24.5 Å². The van der Waals surface area contributed by atoms with Gasteiger partial charge in [0.15, 0.2) is 17.2 Å². The average Bonchev–Trinajstić information content (AvgIpc) is 1.22. The number of nitrogen functional groups attached to an aromatic ring is 2. The normalized spacial score (nSPS) is 13.0. The fraction of sp³-hybridized carbons (Fsp3) is 0. The minimum Gasteiger partial charge on any atom is -0.505 e. The van der Waals surface area contributed by atoms with Crippen LogP contribution in [-0.4, -0.2) is 80.2 Å². The average molecular weight is 1260 g/mol. The van der Waals surface area contributed by atoms with Gasteiger partial charge in [-0.2, -0.15) is 57.4 Å². The molecular weight excluding hydrogens is 1230 g/mol. The van der Waals surface area contributed by atoms with E-state index in [1.54, 1.807) is 0 Å². The van der Waals surface area contributed by atoms with Crippen molar-refractivity contribution in [3.05, 3.63) is 146 Å². The van der Waals surface area contributed by atoms with Gasteiger partial charge in [-0.05, 0) is 156 Å². The van der Waals surface area contributed by atoms with E-state index in [0.717, 1.165) is 36.4 Å². The van der Waals surface area contributed by atoms with Gasteiger partial charge in [-0.3, -0.25) is 22.8 Å². The van der Waals surface area contributed by atoms with Crippen LogP contribution in [0, 0.1) is 0 Å². The third-order valence-corrected chi connectivity index (χ3v) is 17.1. The first kappa shape index (κ1) is 59.2. The Labute approximate surface area is 484 Å². The highest BCUT2D eigenvalue weighted by Gasteiger charge is 2.26. The number of nitrogens with zero attached hydrogens (tertiary/aromatic N) is 8. The maximum absolute atomic E-state index is 12.8. The van der Waals surface area contributed by atoms with Gasteiger partial charge in [-0.1, -0.05) is 6.07 Å². The number of anilines is 4. The van der Waals surface area contributed by atoms with E-state index in [0.29, 0.717) is 0 Å². The molecule has 10 aromatic rings. The zero-order valence-corrected chi connectivity index (χ0v) is 46.9. The number of phenolic OH excluding ortho intramolecular Hbond substituents is 3. The minimum absolute atomic E-state index is 0.0247. The summed E-state index contributed by atoms with van der Waals surface area (Å²) in [5.74, 6) is -2.13. The second-order valence-electron chi connectivity index (χ2n) is 18.4. The lowest BCUT2D eigenvalue weighted by Gasteiger charge is -2.11. The number of rotatable bonds is 15. The van der Waals surface area contributed by atoms with Crippen LogP contribution in [0.1, 0.15) is 0 Å². The molecule has 29 nitrogen and oxygen atoms in total. The number of hydrogen-bond donors (Lipinski definition) is 11. The second kappa shape index (κ2) is 21.9. The molecule has 0 aromatic heterocycles. The Morgan fingerprint density at radius 3 is 1.20 bits per heavy atom. The Balaban J connectivity index is 0.906. The monoisotopic (exact) mass is 1260 g/mol. The van der Waals surface area contributed by atoms with Crippen molar-refractivity contribution in [1.29, 1.82) is 0 Å². The fourth-order valence-electron chi connectivity index (χ4n) is 8.74. The molecule has 0 heterocycles. The summed E-state index contributed by atoms with van der Waals surface area (Å²) in [4.78, 5) is -3.87. The molecule has 0 bridgehead atoms. The maximum Gasteiger partial charge on any atom is 0.296 e. The molecule has 0 unspecified atom stereocenters. The summed E-state index contributed by atoms with van der Waals surface area (Å²) in [6, 6.07) is 29.6. The quantitative estimate of drug-likeness (QED) is 0.0258. The van der Waals surface area contributed by atoms with Crippen LogP contribution < -0.4 is 16.8 Å². The molecule has 0 saturated heterocycles. The Hall–Kier alpha value is -10.0. The zero-order valence-electron chi connectivity index (χ0n) is 42.8. The van der Waals surface area contributed by atoms with Gasteiger partial charge in [0.1, 0.15) is 36.6 Å². The van der Waals surface area contributed by atoms with Crippen LogP contribution in [0.3, 0.4) is 0 Å². The van der Waals surface area contributed by atoms with Crippen LogP contribution in [0.25, 0.3) is 43.1 Å². The summed E-state index contributed by atoms with van der Waals surface area (Å²) in [6.45, 7) is 0. The first-order valence-electron chi connectivity index (χ1n) is 23.8. The van der Waals surface area contributed by atoms with Gasteiger partial charge in [0.25, 0.3) is 50.6 Å². The Morgan fingerprint density at radius 1 is 0.326 bits per heavy atom. The van der Waals surface area contributed by atoms with Gasteiger partial charge >= 0.3 is 0 Å². The molecule has 0 saturated carbocycles. The molecule has 13 N–H and O–H groups in total. The Bertz CT molecular complexity index is 5310. The van der Waals surface area contributed by atoms with E-state index in [-0.39, 0.29) is 94.3 Å². The third kappa shape index (κ3) is 12.2. The van der Waals surface area contributed by atoms with Gasteiger partial charge in [0.2, 0.25) is 0 Å². The molecule has 86 heavy (non-hydrogen) atoms. The van der Waals surface area contributed by atoms with Crippen molar-refractivity contribution in [2.24, 2.45) is 40.9 Å². The molecule has 0 aliphatic carbocycles. The summed E-state index contributed by atoms with van der Waals surface area (Å²) in [6.07, 6.45) is 0. The SMILES string of the molecule is Nc1ccc2c(O)c(N=Nc3ccc4c(O)c(N=Nc5ccc(Nc6ccc(N=Nc7ccc(N=Nc8c(S(=O)(=O)O)cc9cc(N)ccc9c8O)c8ccc(S(=O)(=O)O)cc78)cc6S(=O)(=O)O)cc5)c(S(=O)(=O)O)cc4c3)c(S(=O)(=O)O)cc2c1. The van der Waals surface area contributed by atoms with E-state index in [9.17, 15) is 80.2 Å². The van der Waals surface area contributed by atoms with Gasteiger partial charge < -0.3 is 32.1 Å². The van der Waals surface area contributed by atoms with Gasteiger partial charge in [-0.15, -0.1) is 25.6 Å². The third-order valence-electron chi connectivity index (χ3n) is 12.7. The van der Waals surface area contributed by atoms with E-state index >= 15 is 0 Å². The molecule has 0 amide bonds. The number of phenols is 3. The van der Waals surface area contributed by atoms with Crippen LogP contribution in [-0.2, 0) is 50.6 Å². The predicted octanol–water partition coefficient (Wildman–Crippen LogP) is 12.2. The number of hydrogen-bond acceptors (Lipinski definition) is 24. The van der Waals surface area contributed by atoms with Gasteiger partial charge in [0, 0.05) is 44.0 Å². The lowest BCUT2D eigenvalue weighted by molar-refractivity contribution is 0.471. The van der Waals surface area contributed by atoms with Gasteiger partial charge in [0.05, 0.1) is 39.0 Å². The lowest BCUT2D eigenvalue weighted by Crippen LogP contribution is -2.03. The van der Waals surface area contributed by atoms with E-state index < -0.39 is 109 Å². The molecule has 0 atom stereocenters. The largest absolute Gasteiger partial charge is 0.505 e. The molecular formula is C52H37N11O18S5. The number of nitrogens with two attached hydrogens (primary N) is 2. The van der Waals surface area contributed by atoms with Crippen LogP contribution >= 0.6 is 0 Å². The number of nitrogens with one attached hydrogen (secondary N) is 1. The highest BCUT2D eigenvalue weighted by Crippen LogP contribution is 2.47. The molecule has 0 aliphatic heterocycles. The minimum atomic E-state index is -5.15. The Kier molecular flexibility index (Phi) is 15.0. The second-order valence-corrected chi connectivity index (χ2v) is 25.4. The smallest absolute Gasteiger partial charge is 0.296 e. The molecule has 10 rings (SSSR count). The first-order chi connectivity index (χ1) is 40.3. The number of benzene rings is 10. The Morgan fingerprint density at radius 2 is 0.709 bits per heavy atom. The maximum atomic E-state index is 12.8. The predicted molar refractivity (Wildman–Crippen MR) is 312 cm³/mol. The van der Waals surface area contributed by atoms with Crippen molar-refractivity contribution in [2.75, 3.05) is 16.8 Å². The molecule has 0 fully saturated rings. The molecule has 10 aromatic carbocycles. The number of azo groups is 4.